The smallest absolute Gasteiger partial charge is 0.240 e. The van der Waals surface area contributed by atoms with Crippen molar-refractivity contribution in [1.29, 1.82) is 0 Å². The first-order chi connectivity index (χ1) is 17.4. The SMILES string of the molecule is [B]c1cnn2c(NCc3cccc(CNS(=O)(=O)c4ccccc4)c3)cc(-c3ccccc3Cl)nc12. The molecule has 7 nitrogen and oxygen atoms in total. The fraction of sp³-hybridized carbons (Fsp3) is 0.0769. The first-order valence-corrected chi connectivity index (χ1v) is 13.0. The van der Waals surface area contributed by atoms with Crippen LogP contribution in [-0.4, -0.2) is 30.9 Å². The van der Waals surface area contributed by atoms with Gasteiger partial charge in [0, 0.05) is 35.9 Å². The van der Waals surface area contributed by atoms with E-state index in [1.165, 1.54) is 0 Å². The minimum Gasteiger partial charge on any atom is -0.366 e. The second-order valence-corrected chi connectivity index (χ2v) is 10.3. The van der Waals surface area contributed by atoms with Crippen LogP contribution in [0, 0.1) is 0 Å². The third-order valence-electron chi connectivity index (χ3n) is 5.63. The van der Waals surface area contributed by atoms with Gasteiger partial charge in [-0.2, -0.15) is 9.61 Å². The zero-order valence-corrected chi connectivity index (χ0v) is 20.7. The van der Waals surface area contributed by atoms with Gasteiger partial charge >= 0.3 is 0 Å². The summed E-state index contributed by atoms with van der Waals surface area (Å²) in [6.07, 6.45) is 1.56. The maximum absolute atomic E-state index is 12.5. The number of sulfonamides is 1. The second kappa shape index (κ2) is 10.1. The highest BCUT2D eigenvalue weighted by molar-refractivity contribution is 7.89. The minimum absolute atomic E-state index is 0.177. The van der Waals surface area contributed by atoms with Gasteiger partial charge in [-0.15, -0.1) is 0 Å². The van der Waals surface area contributed by atoms with E-state index in [9.17, 15) is 8.42 Å². The van der Waals surface area contributed by atoms with Gasteiger partial charge in [0.2, 0.25) is 10.0 Å². The molecule has 0 bridgehead atoms. The molecule has 5 rings (SSSR count). The fourth-order valence-electron chi connectivity index (χ4n) is 3.82. The van der Waals surface area contributed by atoms with Crippen LogP contribution < -0.4 is 15.5 Å². The summed E-state index contributed by atoms with van der Waals surface area (Å²) >= 11 is 6.40. The molecule has 0 spiro atoms. The van der Waals surface area contributed by atoms with Crippen LogP contribution in [0.5, 0.6) is 0 Å². The van der Waals surface area contributed by atoms with E-state index in [2.05, 4.69) is 20.1 Å². The molecular weight excluding hydrogens is 493 g/mol. The van der Waals surface area contributed by atoms with E-state index >= 15 is 0 Å². The van der Waals surface area contributed by atoms with Crippen molar-refractivity contribution in [1.82, 2.24) is 19.3 Å². The van der Waals surface area contributed by atoms with E-state index < -0.39 is 10.0 Å². The number of aromatic nitrogens is 3. The Morgan fingerprint density at radius 2 is 1.61 bits per heavy atom. The number of nitrogens with zero attached hydrogens (tertiary/aromatic N) is 3. The van der Waals surface area contributed by atoms with Crippen molar-refractivity contribution >= 4 is 46.4 Å². The number of fused-ring (bicyclic) bond motifs is 1. The standard InChI is InChI=1S/C26H21BClN5O2S/c27-22-17-30-33-25(14-24(32-26(22)33)21-11-4-5-12-23(21)28)29-15-18-7-6-8-19(13-18)16-31-36(34,35)20-9-2-1-3-10-20/h1-14,17,29,31H,15-16H2. The van der Waals surface area contributed by atoms with Crippen LogP contribution in [-0.2, 0) is 23.1 Å². The number of rotatable bonds is 8. The Morgan fingerprint density at radius 1 is 0.889 bits per heavy atom. The molecule has 3 aromatic carbocycles. The van der Waals surface area contributed by atoms with Gasteiger partial charge in [-0.3, -0.25) is 0 Å². The predicted octanol–water partition coefficient (Wildman–Crippen LogP) is 3.93. The summed E-state index contributed by atoms with van der Waals surface area (Å²) in [6, 6.07) is 25.3. The molecule has 2 radical (unpaired) electrons. The number of anilines is 1. The summed E-state index contributed by atoms with van der Waals surface area (Å²) in [5.74, 6) is 0.696. The van der Waals surface area contributed by atoms with Crippen molar-refractivity contribution in [2.24, 2.45) is 0 Å². The summed E-state index contributed by atoms with van der Waals surface area (Å²) in [7, 11) is 2.52. The molecule has 0 atom stereocenters. The van der Waals surface area contributed by atoms with Crippen molar-refractivity contribution in [2.45, 2.75) is 18.0 Å². The molecule has 2 N–H and O–H groups in total. The second-order valence-electron chi connectivity index (χ2n) is 8.15. The molecule has 0 aliphatic heterocycles. The third kappa shape index (κ3) is 5.13. The van der Waals surface area contributed by atoms with Crippen molar-refractivity contribution < 1.29 is 8.42 Å². The minimum atomic E-state index is -3.59. The Balaban J connectivity index is 1.36. The van der Waals surface area contributed by atoms with Crippen LogP contribution >= 0.6 is 11.6 Å². The van der Waals surface area contributed by atoms with Crippen molar-refractivity contribution in [3.8, 4) is 11.3 Å². The third-order valence-corrected chi connectivity index (χ3v) is 7.38. The molecule has 0 unspecified atom stereocenters. The molecule has 0 amide bonds. The van der Waals surface area contributed by atoms with Crippen molar-refractivity contribution in [3.05, 3.63) is 107 Å². The highest BCUT2D eigenvalue weighted by Gasteiger charge is 2.14. The maximum Gasteiger partial charge on any atom is 0.240 e. The number of benzene rings is 3. The summed E-state index contributed by atoms with van der Waals surface area (Å²) in [5, 5.41) is 8.33. The topological polar surface area (TPSA) is 88.4 Å². The quantitative estimate of drug-likeness (QED) is 0.307. The van der Waals surface area contributed by atoms with Gasteiger partial charge in [-0.1, -0.05) is 72.3 Å². The van der Waals surface area contributed by atoms with Gasteiger partial charge in [0.05, 0.1) is 10.6 Å². The molecule has 36 heavy (non-hydrogen) atoms. The molecule has 0 aliphatic carbocycles. The lowest BCUT2D eigenvalue weighted by molar-refractivity contribution is 0.581. The Morgan fingerprint density at radius 3 is 2.39 bits per heavy atom. The van der Waals surface area contributed by atoms with Crippen LogP contribution in [0.15, 0.2) is 96.0 Å². The lowest BCUT2D eigenvalue weighted by atomic mass is 10.0. The molecule has 0 fully saturated rings. The van der Waals surface area contributed by atoms with Crippen molar-refractivity contribution in [2.75, 3.05) is 5.32 Å². The Kier molecular flexibility index (Phi) is 6.78. The zero-order chi connectivity index (χ0) is 25.1. The average Bonchev–Trinajstić information content (AvgIpc) is 3.28. The molecular formula is C26H21BClN5O2S. The molecule has 2 aromatic heterocycles. The van der Waals surface area contributed by atoms with Gasteiger partial charge in [0.15, 0.2) is 5.65 Å². The molecule has 0 saturated carbocycles. The number of hydrogen-bond acceptors (Lipinski definition) is 5. The Labute approximate surface area is 215 Å². The molecule has 2 heterocycles. The summed E-state index contributed by atoms with van der Waals surface area (Å²) in [4.78, 5) is 4.89. The maximum atomic E-state index is 12.5. The molecule has 10 heteroatoms. The Bertz CT molecular complexity index is 1640. The van der Waals surface area contributed by atoms with Crippen LogP contribution in [0.1, 0.15) is 11.1 Å². The van der Waals surface area contributed by atoms with Gasteiger partial charge in [-0.05, 0) is 34.8 Å². The van der Waals surface area contributed by atoms with Crippen LogP contribution in [0.3, 0.4) is 0 Å². The lowest BCUT2D eigenvalue weighted by Crippen LogP contribution is -2.23. The molecule has 178 valence electrons. The number of halogens is 1. The zero-order valence-electron chi connectivity index (χ0n) is 19.1. The summed E-state index contributed by atoms with van der Waals surface area (Å²) in [5.41, 5.74) is 4.26. The van der Waals surface area contributed by atoms with Crippen molar-refractivity contribution in [3.63, 3.8) is 0 Å². The Hall–Kier alpha value is -3.66. The van der Waals surface area contributed by atoms with E-state index in [1.807, 2.05) is 54.6 Å². The van der Waals surface area contributed by atoms with Gasteiger partial charge < -0.3 is 5.32 Å². The van der Waals surface area contributed by atoms with E-state index in [1.54, 1.807) is 41.0 Å². The predicted molar refractivity (Wildman–Crippen MR) is 143 cm³/mol. The molecule has 5 aromatic rings. The summed E-state index contributed by atoms with van der Waals surface area (Å²) < 4.78 is 29.4. The van der Waals surface area contributed by atoms with Gasteiger partial charge in [-0.25, -0.2) is 18.1 Å². The van der Waals surface area contributed by atoms with Crippen LogP contribution in [0.4, 0.5) is 5.82 Å². The normalized spacial score (nSPS) is 11.6. The largest absolute Gasteiger partial charge is 0.366 e. The number of nitrogens with one attached hydrogen (secondary N) is 2. The van der Waals surface area contributed by atoms with Crippen LogP contribution in [0.25, 0.3) is 16.9 Å². The fourth-order valence-corrected chi connectivity index (χ4v) is 5.09. The highest BCUT2D eigenvalue weighted by Crippen LogP contribution is 2.28. The van der Waals surface area contributed by atoms with E-state index in [4.69, 9.17) is 19.4 Å². The average molecular weight is 514 g/mol. The summed E-state index contributed by atoms with van der Waals surface area (Å²) in [6.45, 7) is 0.650. The number of hydrogen-bond donors (Lipinski definition) is 2. The first-order valence-electron chi connectivity index (χ1n) is 11.2. The van der Waals surface area contributed by atoms with Crippen LogP contribution in [0.2, 0.25) is 5.02 Å². The van der Waals surface area contributed by atoms with Gasteiger partial charge in [0.25, 0.3) is 0 Å². The van der Waals surface area contributed by atoms with Gasteiger partial charge in [0.1, 0.15) is 13.7 Å². The van der Waals surface area contributed by atoms with E-state index in [0.29, 0.717) is 34.2 Å². The first kappa shape index (κ1) is 24.1. The lowest BCUT2D eigenvalue weighted by Gasteiger charge is -2.13. The molecule has 0 aliphatic rings. The highest BCUT2D eigenvalue weighted by atomic mass is 35.5. The van der Waals surface area contributed by atoms with E-state index in [0.717, 1.165) is 16.7 Å². The van der Waals surface area contributed by atoms with E-state index in [-0.39, 0.29) is 11.4 Å². The molecule has 0 saturated heterocycles. The monoisotopic (exact) mass is 513 g/mol.